The van der Waals surface area contributed by atoms with E-state index >= 15 is 0 Å². The number of hydrogen-bond acceptors (Lipinski definition) is 3. The highest BCUT2D eigenvalue weighted by atomic mass is 32.2. The first-order chi connectivity index (χ1) is 6.74. The van der Waals surface area contributed by atoms with Crippen LogP contribution in [-0.4, -0.2) is 47.6 Å². The largest absolute Gasteiger partial charge is 0.313 e. The summed E-state index contributed by atoms with van der Waals surface area (Å²) in [7, 11) is 0. The number of rotatable bonds is 2. The van der Waals surface area contributed by atoms with Crippen LogP contribution in [0.2, 0.25) is 0 Å². The predicted octanol–water partition coefficient (Wildman–Crippen LogP) is 1.56. The first-order valence-corrected chi connectivity index (χ1v) is 6.79. The third-order valence-electron chi connectivity index (χ3n) is 3.14. The molecule has 0 aromatic heterocycles. The molecule has 2 nitrogen and oxygen atoms in total. The molecular formula is C11H22N2S. The number of hydrogen-bond donors (Lipinski definition) is 1. The molecule has 0 aliphatic carbocycles. The van der Waals surface area contributed by atoms with Gasteiger partial charge in [-0.05, 0) is 19.4 Å². The molecule has 2 aliphatic heterocycles. The molecule has 0 radical (unpaired) electrons. The summed E-state index contributed by atoms with van der Waals surface area (Å²) in [6.45, 7) is 9.79. The summed E-state index contributed by atoms with van der Waals surface area (Å²) in [5.74, 6) is 0. The molecule has 2 saturated heterocycles. The Morgan fingerprint density at radius 1 is 1.29 bits per heavy atom. The standard InChI is InChI=1S/C11H22N2S/c1-9-6-13(7-10(2)14-9)8-11-4-3-5-12-11/h9-12H,3-8H2,1-2H3. The highest BCUT2D eigenvalue weighted by Crippen LogP contribution is 2.25. The van der Waals surface area contributed by atoms with Crippen molar-refractivity contribution >= 4 is 11.8 Å². The topological polar surface area (TPSA) is 15.3 Å². The monoisotopic (exact) mass is 214 g/mol. The zero-order valence-electron chi connectivity index (χ0n) is 9.33. The number of nitrogens with zero attached hydrogens (tertiary/aromatic N) is 1. The van der Waals surface area contributed by atoms with E-state index < -0.39 is 0 Å². The Kier molecular flexibility index (Phi) is 3.74. The van der Waals surface area contributed by atoms with E-state index in [0.29, 0.717) is 0 Å². The van der Waals surface area contributed by atoms with Crippen LogP contribution in [0.25, 0.3) is 0 Å². The second kappa shape index (κ2) is 4.86. The van der Waals surface area contributed by atoms with E-state index in [1.54, 1.807) is 0 Å². The van der Waals surface area contributed by atoms with Crippen LogP contribution in [0.5, 0.6) is 0 Å². The van der Waals surface area contributed by atoms with Gasteiger partial charge in [-0.1, -0.05) is 13.8 Å². The Morgan fingerprint density at radius 3 is 2.57 bits per heavy atom. The van der Waals surface area contributed by atoms with E-state index in [4.69, 9.17) is 0 Å². The lowest BCUT2D eigenvalue weighted by Crippen LogP contribution is -2.46. The third kappa shape index (κ3) is 2.88. The highest BCUT2D eigenvalue weighted by molar-refractivity contribution is 8.00. The van der Waals surface area contributed by atoms with Crippen LogP contribution >= 0.6 is 11.8 Å². The van der Waals surface area contributed by atoms with Gasteiger partial charge in [0.25, 0.3) is 0 Å². The smallest absolute Gasteiger partial charge is 0.0195 e. The summed E-state index contributed by atoms with van der Waals surface area (Å²) >= 11 is 2.14. The first kappa shape index (κ1) is 10.8. The Labute approximate surface area is 91.8 Å². The predicted molar refractivity (Wildman–Crippen MR) is 64.0 cm³/mol. The summed E-state index contributed by atoms with van der Waals surface area (Å²) in [4.78, 5) is 2.65. The minimum atomic E-state index is 0.775. The molecule has 2 rings (SSSR count). The maximum Gasteiger partial charge on any atom is 0.0195 e. The van der Waals surface area contributed by atoms with Gasteiger partial charge in [0.15, 0.2) is 0 Å². The molecule has 0 amide bonds. The van der Waals surface area contributed by atoms with E-state index in [1.807, 2.05) is 0 Å². The first-order valence-electron chi connectivity index (χ1n) is 5.85. The van der Waals surface area contributed by atoms with Gasteiger partial charge in [0.05, 0.1) is 0 Å². The van der Waals surface area contributed by atoms with Gasteiger partial charge in [-0.2, -0.15) is 11.8 Å². The van der Waals surface area contributed by atoms with Gasteiger partial charge < -0.3 is 5.32 Å². The molecule has 0 spiro atoms. The molecule has 0 aromatic rings. The maximum atomic E-state index is 3.59. The molecule has 0 bridgehead atoms. The maximum absolute atomic E-state index is 3.59. The van der Waals surface area contributed by atoms with Crippen LogP contribution in [-0.2, 0) is 0 Å². The minimum absolute atomic E-state index is 0.775. The van der Waals surface area contributed by atoms with Crippen molar-refractivity contribution < 1.29 is 0 Å². The fourth-order valence-electron chi connectivity index (χ4n) is 2.66. The van der Waals surface area contributed by atoms with Crippen LogP contribution < -0.4 is 5.32 Å². The molecule has 3 heteroatoms. The molecule has 0 aromatic carbocycles. The zero-order chi connectivity index (χ0) is 9.97. The van der Waals surface area contributed by atoms with Crippen LogP contribution in [0, 0.1) is 0 Å². The second-order valence-electron chi connectivity index (χ2n) is 4.77. The summed E-state index contributed by atoms with van der Waals surface area (Å²) in [5, 5.41) is 5.22. The SMILES string of the molecule is CC1CN(CC2CCCN2)CC(C)S1. The van der Waals surface area contributed by atoms with E-state index in [2.05, 4.69) is 35.8 Å². The lowest BCUT2D eigenvalue weighted by molar-refractivity contribution is 0.247. The summed E-state index contributed by atoms with van der Waals surface area (Å²) in [5.41, 5.74) is 0. The van der Waals surface area contributed by atoms with Gasteiger partial charge in [-0.25, -0.2) is 0 Å². The van der Waals surface area contributed by atoms with Gasteiger partial charge in [0.2, 0.25) is 0 Å². The Bertz CT molecular complexity index is 170. The van der Waals surface area contributed by atoms with Crippen molar-refractivity contribution in [1.82, 2.24) is 10.2 Å². The Balaban J connectivity index is 1.78. The van der Waals surface area contributed by atoms with Crippen LogP contribution in [0.15, 0.2) is 0 Å². The third-order valence-corrected chi connectivity index (χ3v) is 4.36. The average Bonchev–Trinajstić information content (AvgIpc) is 2.54. The van der Waals surface area contributed by atoms with E-state index in [1.165, 1.54) is 39.0 Å². The second-order valence-corrected chi connectivity index (χ2v) is 6.65. The molecule has 1 N–H and O–H groups in total. The minimum Gasteiger partial charge on any atom is -0.313 e. The molecule has 82 valence electrons. The molecule has 0 saturated carbocycles. The van der Waals surface area contributed by atoms with Crippen LogP contribution in [0.3, 0.4) is 0 Å². The Hall–Kier alpha value is 0.270. The van der Waals surface area contributed by atoms with Crippen molar-refractivity contribution in [2.24, 2.45) is 0 Å². The van der Waals surface area contributed by atoms with Crippen molar-refractivity contribution in [3.63, 3.8) is 0 Å². The van der Waals surface area contributed by atoms with E-state index in [0.717, 1.165) is 16.5 Å². The summed E-state index contributed by atoms with van der Waals surface area (Å²) in [6, 6.07) is 0.775. The van der Waals surface area contributed by atoms with Crippen molar-refractivity contribution in [2.45, 2.75) is 43.2 Å². The van der Waals surface area contributed by atoms with Gasteiger partial charge in [0.1, 0.15) is 0 Å². The molecule has 3 atom stereocenters. The van der Waals surface area contributed by atoms with Gasteiger partial charge in [-0.3, -0.25) is 4.90 Å². The molecule has 2 fully saturated rings. The summed E-state index contributed by atoms with van der Waals surface area (Å²) < 4.78 is 0. The van der Waals surface area contributed by atoms with Crippen LogP contribution in [0.4, 0.5) is 0 Å². The molecule has 3 unspecified atom stereocenters. The molecular weight excluding hydrogens is 192 g/mol. The molecule has 2 aliphatic rings. The lowest BCUT2D eigenvalue weighted by atomic mass is 10.2. The van der Waals surface area contributed by atoms with Crippen molar-refractivity contribution in [3.05, 3.63) is 0 Å². The number of thioether (sulfide) groups is 1. The Morgan fingerprint density at radius 2 is 2.00 bits per heavy atom. The van der Waals surface area contributed by atoms with Gasteiger partial charge in [0, 0.05) is 36.2 Å². The average molecular weight is 214 g/mol. The van der Waals surface area contributed by atoms with Gasteiger partial charge >= 0.3 is 0 Å². The van der Waals surface area contributed by atoms with E-state index in [-0.39, 0.29) is 0 Å². The highest BCUT2D eigenvalue weighted by Gasteiger charge is 2.25. The van der Waals surface area contributed by atoms with Crippen molar-refractivity contribution in [2.75, 3.05) is 26.2 Å². The van der Waals surface area contributed by atoms with Gasteiger partial charge in [-0.15, -0.1) is 0 Å². The quantitative estimate of drug-likeness (QED) is 0.751. The summed E-state index contributed by atoms with van der Waals surface area (Å²) in [6.07, 6.45) is 2.75. The lowest BCUT2D eigenvalue weighted by Gasteiger charge is -2.35. The fourth-order valence-corrected chi connectivity index (χ4v) is 4.04. The van der Waals surface area contributed by atoms with Crippen LogP contribution in [0.1, 0.15) is 26.7 Å². The zero-order valence-corrected chi connectivity index (χ0v) is 10.1. The molecule has 14 heavy (non-hydrogen) atoms. The fraction of sp³-hybridized carbons (Fsp3) is 1.00. The number of nitrogens with one attached hydrogen (secondary N) is 1. The van der Waals surface area contributed by atoms with Crippen molar-refractivity contribution in [1.29, 1.82) is 0 Å². The van der Waals surface area contributed by atoms with E-state index in [9.17, 15) is 0 Å². The normalized spacial score (nSPS) is 40.3. The molecule has 2 heterocycles. The van der Waals surface area contributed by atoms with Crippen molar-refractivity contribution in [3.8, 4) is 0 Å².